The third kappa shape index (κ3) is 11.7. The summed E-state index contributed by atoms with van der Waals surface area (Å²) in [6, 6.07) is 0. The van der Waals surface area contributed by atoms with Crippen LogP contribution in [0.15, 0.2) is 11.1 Å². The predicted octanol–water partition coefficient (Wildman–Crippen LogP) is 9.43. The summed E-state index contributed by atoms with van der Waals surface area (Å²) in [4.78, 5) is 0. The average molecular weight is 561 g/mol. The van der Waals surface area contributed by atoms with Crippen molar-refractivity contribution in [3.05, 3.63) is 11.1 Å². The number of rotatable bonds is 15. The van der Waals surface area contributed by atoms with Crippen molar-refractivity contribution in [2.75, 3.05) is 0 Å². The van der Waals surface area contributed by atoms with Crippen LogP contribution in [0.5, 0.6) is 0 Å². The molecule has 0 aromatic rings. The van der Waals surface area contributed by atoms with Crippen molar-refractivity contribution < 1.29 is 5.11 Å². The molecule has 0 fully saturated rings. The Balaban J connectivity index is 3.43. The van der Waals surface area contributed by atoms with E-state index in [1.807, 2.05) is 13.8 Å². The van der Waals surface area contributed by atoms with Gasteiger partial charge in [0.25, 0.3) is 0 Å². The van der Waals surface area contributed by atoms with Crippen LogP contribution in [-0.4, -0.2) is 29.1 Å². The molecule has 0 aromatic carbocycles. The van der Waals surface area contributed by atoms with Crippen molar-refractivity contribution in [1.82, 2.24) is 0 Å². The van der Waals surface area contributed by atoms with Gasteiger partial charge < -0.3 is 0 Å². The summed E-state index contributed by atoms with van der Waals surface area (Å²) in [5.74, 6) is 14.3. The van der Waals surface area contributed by atoms with Gasteiger partial charge in [-0.25, -0.2) is 0 Å². The fourth-order valence-corrected chi connectivity index (χ4v) is 23.1. The van der Waals surface area contributed by atoms with Crippen molar-refractivity contribution in [1.29, 1.82) is 0 Å². The number of allylic oxidation sites excluding steroid dienone is 2. The van der Waals surface area contributed by atoms with Crippen molar-refractivity contribution in [2.45, 2.75) is 154 Å². The summed E-state index contributed by atoms with van der Waals surface area (Å²) in [6.45, 7) is 13.0. The summed E-state index contributed by atoms with van der Waals surface area (Å²) >= 11 is -2.64. The number of aliphatic hydroxyl groups is 1. The zero-order valence-corrected chi connectivity index (χ0v) is 25.9. The van der Waals surface area contributed by atoms with Gasteiger partial charge in [0.05, 0.1) is 0 Å². The van der Waals surface area contributed by atoms with Crippen molar-refractivity contribution in [3.8, 4) is 23.7 Å². The first-order valence-electron chi connectivity index (χ1n) is 14.3. The van der Waals surface area contributed by atoms with E-state index in [9.17, 15) is 5.11 Å². The Labute approximate surface area is 211 Å². The monoisotopic (exact) mass is 562 g/mol. The van der Waals surface area contributed by atoms with Gasteiger partial charge in [0.15, 0.2) is 0 Å². The van der Waals surface area contributed by atoms with E-state index in [1.54, 1.807) is 5.57 Å². The molecule has 1 rings (SSSR count). The quantitative estimate of drug-likeness (QED) is 0.120. The normalized spacial score (nSPS) is 15.1. The molecule has 188 valence electrons. The molecule has 1 nitrogen and oxygen atoms in total. The molecular formula is C31H54OSn. The van der Waals surface area contributed by atoms with Crippen LogP contribution in [0, 0.1) is 23.7 Å². The van der Waals surface area contributed by atoms with Crippen LogP contribution in [0.3, 0.4) is 0 Å². The van der Waals surface area contributed by atoms with Crippen LogP contribution in [0.25, 0.3) is 0 Å². The van der Waals surface area contributed by atoms with Crippen LogP contribution in [-0.2, 0) is 0 Å². The van der Waals surface area contributed by atoms with E-state index in [4.69, 9.17) is 0 Å². The summed E-state index contributed by atoms with van der Waals surface area (Å²) in [5, 5.41) is 10.5. The van der Waals surface area contributed by atoms with Gasteiger partial charge in [0.2, 0.25) is 0 Å². The number of unbranched alkanes of at least 4 members (excludes halogenated alkanes) is 7. The minimum atomic E-state index is -2.64. The van der Waals surface area contributed by atoms with Gasteiger partial charge >= 0.3 is 213 Å². The van der Waals surface area contributed by atoms with Gasteiger partial charge in [-0.2, -0.15) is 0 Å². The van der Waals surface area contributed by atoms with Crippen LogP contribution in [0.4, 0.5) is 0 Å². The minimum absolute atomic E-state index is 0.447. The van der Waals surface area contributed by atoms with Gasteiger partial charge in [-0.15, -0.1) is 0 Å². The number of hydrogen-bond acceptors (Lipinski definition) is 1. The molecule has 1 aliphatic carbocycles. The topological polar surface area (TPSA) is 20.2 Å². The van der Waals surface area contributed by atoms with Gasteiger partial charge in [0, 0.05) is 0 Å². The molecule has 0 saturated heterocycles. The predicted molar refractivity (Wildman–Crippen MR) is 150 cm³/mol. The molecule has 0 amide bonds. The first kappa shape index (κ1) is 30.6. The maximum absolute atomic E-state index is 10.5. The van der Waals surface area contributed by atoms with Gasteiger partial charge in [-0.1, -0.05) is 0 Å². The molecule has 1 aliphatic rings. The molecule has 0 aromatic heterocycles. The molecule has 2 heteroatoms. The second kappa shape index (κ2) is 17.1. The van der Waals surface area contributed by atoms with E-state index in [0.29, 0.717) is 3.93 Å². The van der Waals surface area contributed by atoms with Crippen molar-refractivity contribution >= 4 is 18.4 Å². The van der Waals surface area contributed by atoms with E-state index in [1.165, 1.54) is 95.9 Å². The second-order valence-electron chi connectivity index (χ2n) is 10.9. The molecule has 1 N–H and O–H groups in total. The Morgan fingerprint density at radius 1 is 0.818 bits per heavy atom. The molecule has 1 atom stereocenters. The fraction of sp³-hybridized carbons (Fsp3) is 0.806. The van der Waals surface area contributed by atoms with E-state index in [-0.39, 0.29) is 0 Å². The van der Waals surface area contributed by atoms with Crippen molar-refractivity contribution in [3.63, 3.8) is 0 Å². The molecule has 0 bridgehead atoms. The zero-order chi connectivity index (χ0) is 24.6. The standard InChI is InChI=1S/C19H27O.3C4H9.Sn/c1-4-5-6-7-8-9-12-17-13-10-14-18(17)15-11-16-19(2,3)20;3*1-3-4-2;/h15,20H,4-8,10,13-14H2,1-3H3;3*1,3-4H2,2H3;. The van der Waals surface area contributed by atoms with Crippen LogP contribution < -0.4 is 0 Å². The first-order valence-corrected chi connectivity index (χ1v) is 22.0. The molecule has 0 heterocycles. The molecule has 0 aliphatic heterocycles. The third-order valence-corrected chi connectivity index (χ3v) is 23.7. The number of hydrogen-bond donors (Lipinski definition) is 1. The Morgan fingerprint density at radius 2 is 1.39 bits per heavy atom. The van der Waals surface area contributed by atoms with E-state index >= 15 is 0 Å². The second-order valence-corrected chi connectivity index (χ2v) is 24.6. The van der Waals surface area contributed by atoms with E-state index in [2.05, 4.69) is 51.4 Å². The summed E-state index contributed by atoms with van der Waals surface area (Å²) in [5.41, 5.74) is 2.14. The Hall–Kier alpha value is -0.381. The Bertz CT molecular complexity index is 667. The fourth-order valence-electron chi connectivity index (χ4n) is 5.29. The third-order valence-electron chi connectivity index (χ3n) is 7.22. The molecule has 1 unspecified atom stereocenters. The van der Waals surface area contributed by atoms with Gasteiger partial charge in [-0.3, -0.25) is 0 Å². The molecule has 0 saturated carbocycles. The van der Waals surface area contributed by atoms with Crippen LogP contribution in [0.2, 0.25) is 17.2 Å². The van der Waals surface area contributed by atoms with E-state index in [0.717, 1.165) is 12.8 Å². The van der Waals surface area contributed by atoms with E-state index < -0.39 is 24.0 Å². The first-order chi connectivity index (χ1) is 15.8. The molecule has 0 radical (unpaired) electrons. The van der Waals surface area contributed by atoms with Crippen molar-refractivity contribution in [2.24, 2.45) is 0 Å². The molecule has 0 spiro atoms. The van der Waals surface area contributed by atoms with Gasteiger partial charge in [-0.05, 0) is 0 Å². The molecule has 33 heavy (non-hydrogen) atoms. The Kier molecular flexibility index (Phi) is 15.9. The van der Waals surface area contributed by atoms with Crippen LogP contribution in [0.1, 0.15) is 131 Å². The zero-order valence-electron chi connectivity index (χ0n) is 23.0. The average Bonchev–Trinajstić information content (AvgIpc) is 3.24. The maximum atomic E-state index is 10.5. The SMILES string of the molecule is CCCCCCC#CC1=C([CH](C#CC(C)(C)O)[Sn]([CH2]CCC)([CH2]CCC)[CH2]CCC)CCC1. The van der Waals surface area contributed by atoms with Gasteiger partial charge in [0.1, 0.15) is 0 Å². The Morgan fingerprint density at radius 3 is 1.91 bits per heavy atom. The summed E-state index contributed by atoms with van der Waals surface area (Å²) in [6.07, 6.45) is 17.7. The molecular weight excluding hydrogens is 507 g/mol. The summed E-state index contributed by atoms with van der Waals surface area (Å²) in [7, 11) is 0. The summed E-state index contributed by atoms with van der Waals surface area (Å²) < 4.78 is 4.81. The van der Waals surface area contributed by atoms with Crippen LogP contribution >= 0.6 is 0 Å².